The minimum atomic E-state index is -4.49. The van der Waals surface area contributed by atoms with Crippen molar-refractivity contribution in [2.24, 2.45) is 0 Å². The second kappa shape index (κ2) is 7.53. The second-order valence-corrected chi connectivity index (χ2v) is 5.65. The van der Waals surface area contributed by atoms with Gasteiger partial charge in [-0.1, -0.05) is 24.3 Å². The van der Waals surface area contributed by atoms with Gasteiger partial charge >= 0.3 is 6.18 Å². The Morgan fingerprint density at radius 1 is 1.15 bits per heavy atom. The molecule has 3 rings (SSSR count). The molecule has 0 spiro atoms. The van der Waals surface area contributed by atoms with Gasteiger partial charge in [-0.05, 0) is 37.3 Å². The number of anilines is 1. The molecule has 0 saturated heterocycles. The minimum absolute atomic E-state index is 0.0556. The molecule has 0 aliphatic carbocycles. The van der Waals surface area contributed by atoms with Gasteiger partial charge in [0.1, 0.15) is 11.3 Å². The molecule has 0 bridgehead atoms. The Morgan fingerprint density at radius 3 is 2.56 bits per heavy atom. The number of rotatable bonds is 5. The van der Waals surface area contributed by atoms with Crippen molar-refractivity contribution >= 4 is 11.6 Å². The molecule has 1 heterocycles. The zero-order chi connectivity index (χ0) is 19.4. The molecule has 140 valence electrons. The van der Waals surface area contributed by atoms with Crippen molar-refractivity contribution < 1.29 is 22.7 Å². The quantitative estimate of drug-likeness (QED) is 0.685. The Balaban J connectivity index is 1.88. The van der Waals surface area contributed by atoms with Gasteiger partial charge in [0.05, 0.1) is 5.56 Å². The molecule has 0 radical (unpaired) electrons. The van der Waals surface area contributed by atoms with E-state index < -0.39 is 17.6 Å². The number of alkyl halides is 3. The average Bonchev–Trinajstić information content (AvgIpc) is 3.05. The molecular weight excluding hydrogens is 359 g/mol. The molecule has 0 atom stereocenters. The van der Waals surface area contributed by atoms with E-state index in [1.165, 1.54) is 23.0 Å². The third-order valence-electron chi connectivity index (χ3n) is 3.70. The molecule has 5 nitrogen and oxygen atoms in total. The van der Waals surface area contributed by atoms with E-state index in [9.17, 15) is 18.0 Å². The highest BCUT2D eigenvalue weighted by Gasteiger charge is 2.31. The zero-order valence-corrected chi connectivity index (χ0v) is 14.3. The number of carbonyl (C=O) groups is 1. The van der Waals surface area contributed by atoms with Crippen molar-refractivity contribution in [3.8, 4) is 11.6 Å². The molecule has 3 aromatic rings. The van der Waals surface area contributed by atoms with Crippen LogP contribution in [0, 0.1) is 0 Å². The predicted molar refractivity (Wildman–Crippen MR) is 93.8 cm³/mol. The van der Waals surface area contributed by atoms with Crippen molar-refractivity contribution in [1.82, 2.24) is 9.78 Å². The normalized spacial score (nSPS) is 11.3. The Hall–Kier alpha value is -3.29. The summed E-state index contributed by atoms with van der Waals surface area (Å²) in [5.41, 5.74) is -0.139. The maximum atomic E-state index is 12.9. The average molecular weight is 375 g/mol. The maximum absolute atomic E-state index is 12.9. The Kier molecular flexibility index (Phi) is 5.16. The predicted octanol–water partition coefficient (Wildman–Crippen LogP) is 4.97. The monoisotopic (exact) mass is 375 g/mol. The minimum Gasteiger partial charge on any atom is -0.437 e. The molecule has 8 heteroatoms. The molecule has 0 fully saturated rings. The molecule has 1 amide bonds. The van der Waals surface area contributed by atoms with Gasteiger partial charge in [0, 0.05) is 18.4 Å². The lowest BCUT2D eigenvalue weighted by Gasteiger charge is -2.09. The number of hydrogen-bond donors (Lipinski definition) is 1. The van der Waals surface area contributed by atoms with E-state index in [2.05, 4.69) is 10.4 Å². The van der Waals surface area contributed by atoms with Gasteiger partial charge in [0.2, 0.25) is 0 Å². The summed E-state index contributed by atoms with van der Waals surface area (Å²) < 4.78 is 45.6. The lowest BCUT2D eigenvalue weighted by molar-refractivity contribution is -0.137. The molecule has 1 aromatic heterocycles. The first-order valence-corrected chi connectivity index (χ1v) is 8.16. The first-order chi connectivity index (χ1) is 12.9. The van der Waals surface area contributed by atoms with Gasteiger partial charge in [-0.2, -0.15) is 13.2 Å². The van der Waals surface area contributed by atoms with Crippen molar-refractivity contribution in [3.63, 3.8) is 0 Å². The van der Waals surface area contributed by atoms with Crippen LogP contribution in [0.5, 0.6) is 11.6 Å². The molecular formula is C19H16F3N3O2. The summed E-state index contributed by atoms with van der Waals surface area (Å²) in [5, 5.41) is 6.84. The number of ether oxygens (including phenoxy) is 1. The van der Waals surface area contributed by atoms with Gasteiger partial charge < -0.3 is 10.1 Å². The van der Waals surface area contributed by atoms with Gasteiger partial charge in [-0.25, -0.2) is 0 Å². The van der Waals surface area contributed by atoms with Crippen LogP contribution in [0.2, 0.25) is 0 Å². The molecule has 27 heavy (non-hydrogen) atoms. The van der Waals surface area contributed by atoms with Gasteiger partial charge in [0.25, 0.3) is 11.8 Å². The van der Waals surface area contributed by atoms with Crippen LogP contribution in [0.1, 0.15) is 22.8 Å². The van der Waals surface area contributed by atoms with Crippen LogP contribution in [-0.4, -0.2) is 15.7 Å². The van der Waals surface area contributed by atoms with Crippen molar-refractivity contribution in [2.75, 3.05) is 5.32 Å². The maximum Gasteiger partial charge on any atom is 0.416 e. The third-order valence-corrected chi connectivity index (χ3v) is 3.70. The number of amides is 1. The van der Waals surface area contributed by atoms with E-state index in [-0.39, 0.29) is 17.2 Å². The first-order valence-electron chi connectivity index (χ1n) is 8.16. The van der Waals surface area contributed by atoms with E-state index in [0.717, 1.165) is 12.1 Å². The van der Waals surface area contributed by atoms with Crippen molar-refractivity contribution in [2.45, 2.75) is 19.6 Å². The Bertz CT molecular complexity index is 937. The topological polar surface area (TPSA) is 56.2 Å². The fourth-order valence-corrected chi connectivity index (χ4v) is 2.36. The Labute approximate surface area is 153 Å². The number of benzene rings is 2. The van der Waals surface area contributed by atoms with Crippen LogP contribution in [0.3, 0.4) is 0 Å². The lowest BCUT2D eigenvalue weighted by Crippen LogP contribution is -2.12. The molecule has 0 saturated carbocycles. The van der Waals surface area contributed by atoms with Crippen molar-refractivity contribution in [1.29, 1.82) is 0 Å². The highest BCUT2D eigenvalue weighted by atomic mass is 19.4. The largest absolute Gasteiger partial charge is 0.437 e. The number of nitrogens with one attached hydrogen (secondary N) is 1. The summed E-state index contributed by atoms with van der Waals surface area (Å²) in [6, 6.07) is 13.2. The summed E-state index contributed by atoms with van der Waals surface area (Å²) in [6.07, 6.45) is -3.00. The number of para-hydroxylation sites is 1. The summed E-state index contributed by atoms with van der Waals surface area (Å²) in [4.78, 5) is 12.6. The standard InChI is InChI=1S/C19H16F3N3O2/c1-2-25-12-16(17(26)23-14-8-4-3-5-9-14)18(24-25)27-15-10-6-7-13(11-15)19(20,21)22/h3-12H,2H2,1H3,(H,23,26). The fourth-order valence-electron chi connectivity index (χ4n) is 2.36. The number of hydrogen-bond acceptors (Lipinski definition) is 3. The molecule has 2 aromatic carbocycles. The van der Waals surface area contributed by atoms with E-state index in [0.29, 0.717) is 12.2 Å². The molecule has 0 unspecified atom stereocenters. The zero-order valence-electron chi connectivity index (χ0n) is 14.3. The van der Waals surface area contributed by atoms with Gasteiger partial charge in [-0.3, -0.25) is 9.48 Å². The van der Waals surface area contributed by atoms with Crippen LogP contribution in [-0.2, 0) is 12.7 Å². The number of aromatic nitrogens is 2. The van der Waals surface area contributed by atoms with E-state index in [1.807, 2.05) is 13.0 Å². The van der Waals surface area contributed by atoms with E-state index in [4.69, 9.17) is 4.74 Å². The number of carbonyl (C=O) groups excluding carboxylic acids is 1. The number of halogens is 3. The van der Waals surface area contributed by atoms with Crippen LogP contribution in [0.25, 0.3) is 0 Å². The lowest BCUT2D eigenvalue weighted by atomic mass is 10.2. The van der Waals surface area contributed by atoms with Crippen LogP contribution in [0.15, 0.2) is 60.8 Å². The van der Waals surface area contributed by atoms with E-state index in [1.54, 1.807) is 24.3 Å². The Morgan fingerprint density at radius 2 is 1.89 bits per heavy atom. The summed E-state index contributed by atoms with van der Waals surface area (Å²) in [7, 11) is 0. The van der Waals surface area contributed by atoms with Crippen molar-refractivity contribution in [3.05, 3.63) is 71.9 Å². The fraction of sp³-hybridized carbons (Fsp3) is 0.158. The smallest absolute Gasteiger partial charge is 0.416 e. The van der Waals surface area contributed by atoms with Crippen LogP contribution >= 0.6 is 0 Å². The third kappa shape index (κ3) is 4.46. The SMILES string of the molecule is CCn1cc(C(=O)Nc2ccccc2)c(Oc2cccc(C(F)(F)F)c2)n1. The van der Waals surface area contributed by atoms with Crippen LogP contribution < -0.4 is 10.1 Å². The van der Waals surface area contributed by atoms with Crippen LogP contribution in [0.4, 0.5) is 18.9 Å². The van der Waals surface area contributed by atoms with E-state index >= 15 is 0 Å². The highest BCUT2D eigenvalue weighted by molar-refractivity contribution is 6.05. The molecule has 0 aliphatic rings. The highest BCUT2D eigenvalue weighted by Crippen LogP contribution is 2.33. The molecule has 1 N–H and O–H groups in total. The summed E-state index contributed by atoms with van der Waals surface area (Å²) >= 11 is 0. The second-order valence-electron chi connectivity index (χ2n) is 5.65. The number of nitrogens with zero attached hydrogens (tertiary/aromatic N) is 2. The summed E-state index contributed by atoms with van der Waals surface area (Å²) in [5.74, 6) is -0.590. The van der Waals surface area contributed by atoms with Gasteiger partial charge in [0.15, 0.2) is 0 Å². The first kappa shape index (κ1) is 18.5. The van der Waals surface area contributed by atoms with Gasteiger partial charge in [-0.15, -0.1) is 5.10 Å². The summed E-state index contributed by atoms with van der Waals surface area (Å²) in [6.45, 7) is 2.29. The number of aryl methyl sites for hydroxylation is 1. The molecule has 0 aliphatic heterocycles.